The number of hydrogen-bond donors (Lipinski definition) is 0. The Morgan fingerprint density at radius 2 is 2.37 bits per heavy atom. The van der Waals surface area contributed by atoms with Crippen LogP contribution in [0.4, 0.5) is 0 Å². The molecular weight excluding hydrogens is 314 g/mol. The number of carbonyl (C=O) groups is 2. The molecule has 0 saturated carbocycles. The van der Waals surface area contributed by atoms with Gasteiger partial charge in [0, 0.05) is 13.1 Å². The summed E-state index contributed by atoms with van der Waals surface area (Å²) in [4.78, 5) is 25.7. The van der Waals surface area contributed by atoms with Crippen molar-refractivity contribution in [3.05, 3.63) is 22.6 Å². The van der Waals surface area contributed by atoms with Gasteiger partial charge < -0.3 is 14.1 Å². The Bertz CT molecular complexity index is 471. The zero-order valence-corrected chi connectivity index (χ0v) is 12.3. The van der Waals surface area contributed by atoms with E-state index < -0.39 is 0 Å². The first-order valence-electron chi connectivity index (χ1n) is 6.32. The van der Waals surface area contributed by atoms with Crippen LogP contribution in [0.1, 0.15) is 30.1 Å². The van der Waals surface area contributed by atoms with Crippen molar-refractivity contribution in [3.8, 4) is 0 Å². The molecule has 0 spiro atoms. The van der Waals surface area contributed by atoms with Gasteiger partial charge in [-0.1, -0.05) is 0 Å². The van der Waals surface area contributed by atoms with Gasteiger partial charge in [0.25, 0.3) is 5.91 Å². The fourth-order valence-corrected chi connectivity index (χ4v) is 2.64. The molecule has 0 aromatic carbocycles. The highest BCUT2D eigenvalue weighted by atomic mass is 79.9. The standard InChI is InChI=1S/C13H16BrNO4/c1-2-18-13(17)9-4-3-6-15(8-9)12(16)10-5-7-19-11(10)14/h5,7,9H,2-4,6,8H2,1H3/t9-/m0/s1. The van der Waals surface area contributed by atoms with Crippen molar-refractivity contribution in [2.45, 2.75) is 19.8 Å². The number of amides is 1. The van der Waals surface area contributed by atoms with Crippen molar-refractivity contribution < 1.29 is 18.7 Å². The second-order valence-electron chi connectivity index (χ2n) is 4.45. The lowest BCUT2D eigenvalue weighted by Gasteiger charge is -2.31. The topological polar surface area (TPSA) is 59.8 Å². The fourth-order valence-electron chi connectivity index (χ4n) is 2.23. The molecule has 1 aliphatic rings. The quantitative estimate of drug-likeness (QED) is 0.799. The molecule has 1 saturated heterocycles. The summed E-state index contributed by atoms with van der Waals surface area (Å²) in [7, 11) is 0. The van der Waals surface area contributed by atoms with E-state index in [1.165, 1.54) is 6.26 Å². The van der Waals surface area contributed by atoms with Gasteiger partial charge in [-0.2, -0.15) is 0 Å². The van der Waals surface area contributed by atoms with Crippen molar-refractivity contribution in [2.75, 3.05) is 19.7 Å². The molecule has 1 atom stereocenters. The third-order valence-corrected chi connectivity index (χ3v) is 3.79. The summed E-state index contributed by atoms with van der Waals surface area (Å²) >= 11 is 3.20. The predicted octanol–water partition coefficient (Wildman–Crippen LogP) is 2.46. The first kappa shape index (κ1) is 14.1. The maximum atomic E-state index is 12.3. The summed E-state index contributed by atoms with van der Waals surface area (Å²) in [6.45, 7) is 3.23. The monoisotopic (exact) mass is 329 g/mol. The Morgan fingerprint density at radius 3 is 3.00 bits per heavy atom. The molecule has 1 aromatic rings. The Balaban J connectivity index is 2.03. The van der Waals surface area contributed by atoms with Gasteiger partial charge in [-0.05, 0) is 41.8 Å². The number of piperidine rings is 1. The van der Waals surface area contributed by atoms with Crippen molar-refractivity contribution in [2.24, 2.45) is 5.92 Å². The molecule has 2 heterocycles. The van der Waals surface area contributed by atoms with E-state index in [2.05, 4.69) is 15.9 Å². The van der Waals surface area contributed by atoms with Gasteiger partial charge >= 0.3 is 5.97 Å². The minimum Gasteiger partial charge on any atom is -0.466 e. The summed E-state index contributed by atoms with van der Waals surface area (Å²) in [5, 5.41) is 0. The van der Waals surface area contributed by atoms with E-state index >= 15 is 0 Å². The molecule has 104 valence electrons. The molecule has 0 unspecified atom stereocenters. The molecule has 1 aromatic heterocycles. The highest BCUT2D eigenvalue weighted by molar-refractivity contribution is 9.10. The second-order valence-corrected chi connectivity index (χ2v) is 5.17. The summed E-state index contributed by atoms with van der Waals surface area (Å²) < 4.78 is 10.5. The van der Waals surface area contributed by atoms with Crippen molar-refractivity contribution in [3.63, 3.8) is 0 Å². The lowest BCUT2D eigenvalue weighted by molar-refractivity contribution is -0.149. The minimum atomic E-state index is -0.219. The van der Waals surface area contributed by atoms with E-state index in [4.69, 9.17) is 9.15 Å². The molecular formula is C13H16BrNO4. The number of furan rings is 1. The Hall–Kier alpha value is -1.30. The number of hydrogen-bond acceptors (Lipinski definition) is 4. The van der Waals surface area contributed by atoms with Crippen molar-refractivity contribution >= 4 is 27.8 Å². The number of likely N-dealkylation sites (tertiary alicyclic amines) is 1. The van der Waals surface area contributed by atoms with Crippen molar-refractivity contribution in [1.82, 2.24) is 4.90 Å². The third-order valence-electron chi connectivity index (χ3n) is 3.18. The fraction of sp³-hybridized carbons (Fsp3) is 0.538. The van der Waals surface area contributed by atoms with Crippen LogP contribution in [0.2, 0.25) is 0 Å². The number of ether oxygens (including phenoxy) is 1. The minimum absolute atomic E-state index is 0.116. The van der Waals surface area contributed by atoms with Gasteiger partial charge in [-0.3, -0.25) is 9.59 Å². The average Bonchev–Trinajstić information content (AvgIpc) is 2.84. The van der Waals surface area contributed by atoms with Crippen LogP contribution in [0.15, 0.2) is 21.4 Å². The molecule has 0 aliphatic carbocycles. The molecule has 1 aliphatic heterocycles. The molecule has 1 fully saturated rings. The highest BCUT2D eigenvalue weighted by Gasteiger charge is 2.30. The lowest BCUT2D eigenvalue weighted by Crippen LogP contribution is -2.42. The van der Waals surface area contributed by atoms with Gasteiger partial charge in [0.1, 0.15) is 0 Å². The van der Waals surface area contributed by atoms with Crippen LogP contribution in [-0.4, -0.2) is 36.5 Å². The third kappa shape index (κ3) is 3.18. The van der Waals surface area contributed by atoms with Crippen LogP contribution >= 0.6 is 15.9 Å². The first-order chi connectivity index (χ1) is 9.13. The highest BCUT2D eigenvalue weighted by Crippen LogP contribution is 2.23. The SMILES string of the molecule is CCOC(=O)[C@H]1CCCN(C(=O)c2ccoc2Br)C1. The summed E-state index contributed by atoms with van der Waals surface area (Å²) in [6.07, 6.45) is 3.05. The van der Waals surface area contributed by atoms with E-state index in [9.17, 15) is 9.59 Å². The maximum Gasteiger partial charge on any atom is 0.310 e. The number of carbonyl (C=O) groups excluding carboxylic acids is 2. The molecule has 19 heavy (non-hydrogen) atoms. The van der Waals surface area contributed by atoms with Crippen LogP contribution in [0.25, 0.3) is 0 Å². The van der Waals surface area contributed by atoms with Gasteiger partial charge in [0.15, 0.2) is 4.67 Å². The van der Waals surface area contributed by atoms with Gasteiger partial charge in [0.2, 0.25) is 0 Å². The van der Waals surface area contributed by atoms with E-state index in [0.717, 1.165) is 12.8 Å². The molecule has 0 radical (unpaired) electrons. The Morgan fingerprint density at radius 1 is 1.58 bits per heavy atom. The second kappa shape index (κ2) is 6.23. The molecule has 0 bridgehead atoms. The first-order valence-corrected chi connectivity index (χ1v) is 7.11. The Labute approximate surface area is 120 Å². The Kier molecular flexibility index (Phi) is 4.63. The largest absolute Gasteiger partial charge is 0.466 e. The zero-order chi connectivity index (χ0) is 13.8. The van der Waals surface area contributed by atoms with Crippen LogP contribution in [0.3, 0.4) is 0 Å². The van der Waals surface area contributed by atoms with Gasteiger partial charge in [-0.25, -0.2) is 0 Å². The summed E-state index contributed by atoms with van der Waals surface area (Å²) in [5.41, 5.74) is 0.490. The van der Waals surface area contributed by atoms with E-state index in [1.54, 1.807) is 17.9 Å². The predicted molar refractivity (Wildman–Crippen MR) is 71.7 cm³/mol. The van der Waals surface area contributed by atoms with Crippen molar-refractivity contribution in [1.29, 1.82) is 0 Å². The smallest absolute Gasteiger partial charge is 0.310 e. The van der Waals surface area contributed by atoms with Crippen LogP contribution in [0.5, 0.6) is 0 Å². The zero-order valence-electron chi connectivity index (χ0n) is 10.7. The van der Waals surface area contributed by atoms with E-state index in [-0.39, 0.29) is 17.8 Å². The van der Waals surface area contributed by atoms with Crippen LogP contribution in [-0.2, 0) is 9.53 Å². The molecule has 1 amide bonds. The number of halogens is 1. The lowest BCUT2D eigenvalue weighted by atomic mass is 9.98. The molecule has 0 N–H and O–H groups in total. The normalized spacial score (nSPS) is 19.3. The van der Waals surface area contributed by atoms with Crippen LogP contribution < -0.4 is 0 Å². The molecule has 2 rings (SSSR count). The van der Waals surface area contributed by atoms with E-state index in [1.807, 2.05) is 0 Å². The number of rotatable bonds is 3. The number of esters is 1. The van der Waals surface area contributed by atoms with Gasteiger partial charge in [0.05, 0.1) is 24.4 Å². The molecule has 5 nitrogen and oxygen atoms in total. The van der Waals surface area contributed by atoms with Crippen LogP contribution in [0, 0.1) is 5.92 Å². The van der Waals surface area contributed by atoms with Gasteiger partial charge in [-0.15, -0.1) is 0 Å². The summed E-state index contributed by atoms with van der Waals surface area (Å²) in [5.74, 6) is -0.552. The molecule has 6 heteroatoms. The summed E-state index contributed by atoms with van der Waals surface area (Å²) in [6, 6.07) is 1.63. The number of nitrogens with zero attached hydrogens (tertiary/aromatic N) is 1. The van der Waals surface area contributed by atoms with E-state index in [0.29, 0.717) is 29.9 Å². The average molecular weight is 330 g/mol. The maximum absolute atomic E-state index is 12.3.